The summed E-state index contributed by atoms with van der Waals surface area (Å²) in [6.07, 6.45) is 3.52. The fraction of sp³-hybridized carbons (Fsp3) is 0.615. The van der Waals surface area contributed by atoms with Crippen molar-refractivity contribution in [3.63, 3.8) is 0 Å². The maximum Gasteiger partial charge on any atom is 0.354 e. The molecule has 1 aromatic rings. The van der Waals surface area contributed by atoms with Crippen molar-refractivity contribution in [2.75, 3.05) is 20.1 Å². The first-order valence-electron chi connectivity index (χ1n) is 6.81. The van der Waals surface area contributed by atoms with E-state index in [1.807, 2.05) is 11.9 Å². The van der Waals surface area contributed by atoms with Crippen LogP contribution >= 0.6 is 0 Å². The van der Waals surface area contributed by atoms with Gasteiger partial charge in [-0.05, 0) is 12.8 Å². The van der Waals surface area contributed by atoms with Gasteiger partial charge in [0.25, 0.3) is 0 Å². The lowest BCUT2D eigenvalue weighted by molar-refractivity contribution is -0.138. The fourth-order valence-corrected chi connectivity index (χ4v) is 3.23. The van der Waals surface area contributed by atoms with Gasteiger partial charge >= 0.3 is 5.97 Å². The van der Waals surface area contributed by atoms with Gasteiger partial charge in [-0.2, -0.15) is 5.10 Å². The van der Waals surface area contributed by atoms with Crippen molar-refractivity contribution in [3.8, 4) is 0 Å². The van der Waals surface area contributed by atoms with E-state index in [0.717, 1.165) is 19.4 Å². The molecule has 3 saturated heterocycles. The Kier molecular flexibility index (Phi) is 3.21. The molecule has 20 heavy (non-hydrogen) atoms. The lowest BCUT2D eigenvalue weighted by Gasteiger charge is -2.32. The maximum atomic E-state index is 12.1. The first-order chi connectivity index (χ1) is 9.56. The molecule has 0 unspecified atom stereocenters. The van der Waals surface area contributed by atoms with Crippen molar-refractivity contribution in [1.29, 1.82) is 0 Å². The number of hydrogen-bond acceptors (Lipinski definition) is 4. The highest BCUT2D eigenvalue weighted by atomic mass is 16.4. The summed E-state index contributed by atoms with van der Waals surface area (Å²) in [6.45, 7) is 2.01. The number of hydrogen-bond donors (Lipinski definition) is 2. The molecule has 2 N–H and O–H groups in total. The average molecular weight is 278 g/mol. The number of piperidine rings is 1. The van der Waals surface area contributed by atoms with Crippen molar-refractivity contribution in [2.45, 2.75) is 25.4 Å². The molecule has 0 spiro atoms. The molecule has 7 heteroatoms. The molecule has 0 radical (unpaired) electrons. The molecule has 2 bridgehead atoms. The summed E-state index contributed by atoms with van der Waals surface area (Å²) in [5.74, 6) is -0.739. The summed E-state index contributed by atoms with van der Waals surface area (Å²) in [5.41, 5.74) is 0.815. The molecule has 3 fully saturated rings. The SMILES string of the molecule is CN1C(=O)[C@@H]2CC[C@H]1CN(Cc1cn[nH]c1C(=O)O)C2. The molecule has 3 aliphatic heterocycles. The summed E-state index contributed by atoms with van der Waals surface area (Å²) >= 11 is 0. The minimum absolute atomic E-state index is 0.0407. The Balaban J connectivity index is 1.77. The van der Waals surface area contributed by atoms with E-state index >= 15 is 0 Å². The third-order valence-corrected chi connectivity index (χ3v) is 4.37. The van der Waals surface area contributed by atoms with Crippen LogP contribution in [0.3, 0.4) is 0 Å². The Labute approximate surface area is 116 Å². The van der Waals surface area contributed by atoms with Gasteiger partial charge < -0.3 is 10.0 Å². The Morgan fingerprint density at radius 2 is 2.30 bits per heavy atom. The molecule has 108 valence electrons. The fourth-order valence-electron chi connectivity index (χ4n) is 3.23. The quantitative estimate of drug-likeness (QED) is 0.822. The molecule has 0 saturated carbocycles. The standard InChI is InChI=1S/C13H18N4O3/c1-16-10-3-2-8(12(16)18)5-17(7-10)6-9-4-14-15-11(9)13(19)20/h4,8,10H,2-3,5-7H2,1H3,(H,14,15)(H,19,20)/t8-,10+/m1/s1. The van der Waals surface area contributed by atoms with E-state index in [1.165, 1.54) is 0 Å². The number of carboxylic acid groups (broad SMARTS) is 1. The van der Waals surface area contributed by atoms with Gasteiger partial charge in [-0.25, -0.2) is 4.79 Å². The van der Waals surface area contributed by atoms with Crippen LogP contribution < -0.4 is 0 Å². The number of carboxylic acids is 1. The highest BCUT2D eigenvalue weighted by Gasteiger charge is 2.38. The Hall–Kier alpha value is -1.89. The van der Waals surface area contributed by atoms with E-state index in [0.29, 0.717) is 18.7 Å². The summed E-state index contributed by atoms with van der Waals surface area (Å²) < 4.78 is 0. The molecule has 1 aromatic heterocycles. The average Bonchev–Trinajstić information content (AvgIpc) is 2.72. The van der Waals surface area contributed by atoms with E-state index in [-0.39, 0.29) is 23.6 Å². The monoisotopic (exact) mass is 278 g/mol. The highest BCUT2D eigenvalue weighted by Crippen LogP contribution is 2.28. The van der Waals surface area contributed by atoms with E-state index in [1.54, 1.807) is 6.20 Å². The molecular formula is C13H18N4O3. The van der Waals surface area contributed by atoms with Crippen molar-refractivity contribution in [2.24, 2.45) is 5.92 Å². The third-order valence-electron chi connectivity index (χ3n) is 4.37. The number of aromatic nitrogens is 2. The van der Waals surface area contributed by atoms with Crippen molar-refractivity contribution in [3.05, 3.63) is 17.5 Å². The lowest BCUT2D eigenvalue weighted by atomic mass is 9.95. The van der Waals surface area contributed by atoms with Gasteiger partial charge in [0.15, 0.2) is 0 Å². The normalized spacial score (nSPS) is 26.9. The van der Waals surface area contributed by atoms with Crippen molar-refractivity contribution in [1.82, 2.24) is 20.0 Å². The zero-order valence-electron chi connectivity index (χ0n) is 11.4. The minimum Gasteiger partial charge on any atom is -0.477 e. The van der Waals surface area contributed by atoms with Crippen LogP contribution in [0.1, 0.15) is 28.9 Å². The predicted octanol–water partition coefficient (Wildman–Crippen LogP) is 0.160. The molecule has 0 aromatic carbocycles. The number of fused-ring (bicyclic) bond motifs is 4. The summed E-state index contributed by atoms with van der Waals surface area (Å²) in [6, 6.07) is 0.237. The second kappa shape index (κ2) is 4.90. The van der Waals surface area contributed by atoms with Gasteiger partial charge in [0.2, 0.25) is 5.91 Å². The van der Waals surface area contributed by atoms with Crippen LogP contribution in [0.2, 0.25) is 0 Å². The number of likely N-dealkylation sites (N-methyl/N-ethyl adjacent to an activating group) is 1. The van der Waals surface area contributed by atoms with Gasteiger partial charge in [0.05, 0.1) is 12.1 Å². The molecule has 4 heterocycles. The van der Waals surface area contributed by atoms with E-state index in [4.69, 9.17) is 5.11 Å². The van der Waals surface area contributed by atoms with Gasteiger partial charge in [-0.15, -0.1) is 0 Å². The number of carbonyl (C=O) groups is 2. The number of rotatable bonds is 3. The van der Waals surface area contributed by atoms with Crippen LogP contribution in [0, 0.1) is 5.92 Å². The minimum atomic E-state index is -0.997. The second-order valence-corrected chi connectivity index (χ2v) is 5.65. The number of carbonyl (C=O) groups excluding carboxylic acids is 1. The third kappa shape index (κ3) is 2.18. The van der Waals surface area contributed by atoms with Crippen LogP contribution in [0.25, 0.3) is 0 Å². The van der Waals surface area contributed by atoms with Gasteiger partial charge in [-0.3, -0.25) is 14.8 Å². The first kappa shape index (κ1) is 13.1. The molecule has 2 atom stereocenters. The van der Waals surface area contributed by atoms with Crippen LogP contribution in [0.15, 0.2) is 6.20 Å². The molecule has 3 aliphatic rings. The van der Waals surface area contributed by atoms with Crippen molar-refractivity contribution >= 4 is 11.9 Å². The molecule has 1 amide bonds. The number of H-pyrrole nitrogens is 1. The van der Waals surface area contributed by atoms with Crippen molar-refractivity contribution < 1.29 is 14.7 Å². The van der Waals surface area contributed by atoms with Gasteiger partial charge in [0.1, 0.15) is 5.69 Å². The zero-order chi connectivity index (χ0) is 14.3. The van der Waals surface area contributed by atoms with E-state index < -0.39 is 5.97 Å². The first-order valence-corrected chi connectivity index (χ1v) is 6.81. The summed E-state index contributed by atoms with van der Waals surface area (Å²) in [7, 11) is 1.86. The van der Waals surface area contributed by atoms with E-state index in [9.17, 15) is 9.59 Å². The Morgan fingerprint density at radius 3 is 3.05 bits per heavy atom. The predicted molar refractivity (Wildman–Crippen MR) is 70.1 cm³/mol. The molecule has 7 nitrogen and oxygen atoms in total. The Bertz CT molecular complexity index is 541. The van der Waals surface area contributed by atoms with Crippen LogP contribution in [-0.2, 0) is 11.3 Å². The molecular weight excluding hydrogens is 260 g/mol. The largest absolute Gasteiger partial charge is 0.477 e. The maximum absolute atomic E-state index is 12.1. The van der Waals surface area contributed by atoms with E-state index in [2.05, 4.69) is 15.1 Å². The van der Waals surface area contributed by atoms with Crippen LogP contribution in [0.4, 0.5) is 0 Å². The van der Waals surface area contributed by atoms with Crippen LogP contribution in [-0.4, -0.2) is 63.2 Å². The topological polar surface area (TPSA) is 89.5 Å². The second-order valence-electron chi connectivity index (χ2n) is 5.65. The Morgan fingerprint density at radius 1 is 1.50 bits per heavy atom. The molecule has 4 rings (SSSR count). The zero-order valence-corrected chi connectivity index (χ0v) is 11.4. The number of nitrogens with one attached hydrogen (secondary N) is 1. The number of aromatic amines is 1. The number of amides is 1. The smallest absolute Gasteiger partial charge is 0.354 e. The number of aromatic carboxylic acids is 1. The molecule has 0 aliphatic carbocycles. The summed E-state index contributed by atoms with van der Waals surface area (Å²) in [5, 5.41) is 15.4. The van der Waals surface area contributed by atoms with Crippen LogP contribution in [0.5, 0.6) is 0 Å². The summed E-state index contributed by atoms with van der Waals surface area (Å²) in [4.78, 5) is 27.2. The number of nitrogens with zero attached hydrogens (tertiary/aromatic N) is 3. The van der Waals surface area contributed by atoms with Gasteiger partial charge in [-0.1, -0.05) is 0 Å². The van der Waals surface area contributed by atoms with Gasteiger partial charge in [0, 0.05) is 38.3 Å². The lowest BCUT2D eigenvalue weighted by Crippen LogP contribution is -2.45. The highest BCUT2D eigenvalue weighted by molar-refractivity contribution is 5.86.